The first kappa shape index (κ1) is 15.7. The van der Waals surface area contributed by atoms with Gasteiger partial charge in [-0.15, -0.1) is 0 Å². The SMILES string of the molecule is Cc1ccccc1CCC(=O)N(CC(N)=O)CC(=O)O. The number of amides is 2. The zero-order valence-corrected chi connectivity index (χ0v) is 11.3. The van der Waals surface area contributed by atoms with Crippen LogP contribution in [0, 0.1) is 6.92 Å². The molecule has 108 valence electrons. The molecule has 6 heteroatoms. The van der Waals surface area contributed by atoms with Gasteiger partial charge in [0.05, 0.1) is 6.54 Å². The minimum Gasteiger partial charge on any atom is -0.480 e. The van der Waals surface area contributed by atoms with Gasteiger partial charge in [0.1, 0.15) is 6.54 Å². The van der Waals surface area contributed by atoms with Crippen molar-refractivity contribution in [2.45, 2.75) is 19.8 Å². The summed E-state index contributed by atoms with van der Waals surface area (Å²) in [7, 11) is 0. The number of carbonyl (C=O) groups excluding carboxylic acids is 2. The Morgan fingerprint density at radius 3 is 2.40 bits per heavy atom. The Labute approximate surface area is 117 Å². The third kappa shape index (κ3) is 5.09. The number of hydrogen-bond donors (Lipinski definition) is 2. The Bertz CT molecular complexity index is 498. The van der Waals surface area contributed by atoms with Crippen molar-refractivity contribution in [3.8, 4) is 0 Å². The third-order valence-electron chi connectivity index (χ3n) is 2.89. The number of carboxylic acid groups (broad SMARTS) is 1. The number of aliphatic carboxylic acids is 1. The van der Waals surface area contributed by atoms with Gasteiger partial charge in [0.2, 0.25) is 11.8 Å². The predicted molar refractivity (Wildman–Crippen MR) is 72.9 cm³/mol. The first-order valence-electron chi connectivity index (χ1n) is 6.22. The highest BCUT2D eigenvalue weighted by Crippen LogP contribution is 2.10. The van der Waals surface area contributed by atoms with Gasteiger partial charge in [-0.3, -0.25) is 14.4 Å². The summed E-state index contributed by atoms with van der Waals surface area (Å²) in [6.45, 7) is 1.05. The second-order valence-corrected chi connectivity index (χ2v) is 4.54. The first-order valence-corrected chi connectivity index (χ1v) is 6.22. The molecule has 0 aromatic heterocycles. The fourth-order valence-electron chi connectivity index (χ4n) is 1.87. The van der Waals surface area contributed by atoms with Gasteiger partial charge >= 0.3 is 5.97 Å². The number of benzene rings is 1. The van der Waals surface area contributed by atoms with Crippen LogP contribution in [-0.4, -0.2) is 40.9 Å². The fraction of sp³-hybridized carbons (Fsp3) is 0.357. The molecule has 0 heterocycles. The topological polar surface area (TPSA) is 101 Å². The van der Waals surface area contributed by atoms with Crippen LogP contribution < -0.4 is 5.73 Å². The molecule has 0 aliphatic rings. The quantitative estimate of drug-likeness (QED) is 0.750. The number of carbonyl (C=O) groups is 3. The van der Waals surface area contributed by atoms with Gasteiger partial charge < -0.3 is 15.7 Å². The van der Waals surface area contributed by atoms with E-state index in [1.807, 2.05) is 31.2 Å². The largest absolute Gasteiger partial charge is 0.480 e. The van der Waals surface area contributed by atoms with E-state index in [1.54, 1.807) is 0 Å². The molecule has 0 saturated carbocycles. The fourth-order valence-corrected chi connectivity index (χ4v) is 1.87. The van der Waals surface area contributed by atoms with E-state index in [0.29, 0.717) is 6.42 Å². The van der Waals surface area contributed by atoms with Gasteiger partial charge in [-0.25, -0.2) is 0 Å². The summed E-state index contributed by atoms with van der Waals surface area (Å²) >= 11 is 0. The predicted octanol–water partition coefficient (Wildman–Crippen LogP) is 0.326. The standard InChI is InChI=1S/C14H18N2O4/c1-10-4-2-3-5-11(10)6-7-13(18)16(8-12(15)17)9-14(19)20/h2-5H,6-9H2,1H3,(H2,15,17)(H,19,20). The van der Waals surface area contributed by atoms with Gasteiger partial charge in [-0.1, -0.05) is 24.3 Å². The number of primary amides is 1. The molecular weight excluding hydrogens is 260 g/mol. The number of aryl methyl sites for hydroxylation is 2. The van der Waals surface area contributed by atoms with Crippen molar-refractivity contribution >= 4 is 17.8 Å². The maximum atomic E-state index is 12.0. The number of rotatable bonds is 7. The van der Waals surface area contributed by atoms with Gasteiger partial charge in [-0.05, 0) is 24.5 Å². The summed E-state index contributed by atoms with van der Waals surface area (Å²) in [6.07, 6.45) is 0.645. The average Bonchev–Trinajstić information content (AvgIpc) is 2.35. The minimum atomic E-state index is -1.17. The van der Waals surface area contributed by atoms with Crippen molar-refractivity contribution in [1.29, 1.82) is 0 Å². The van der Waals surface area contributed by atoms with Crippen LogP contribution in [0.25, 0.3) is 0 Å². The molecule has 0 aliphatic carbocycles. The van der Waals surface area contributed by atoms with Crippen molar-refractivity contribution in [2.24, 2.45) is 5.73 Å². The summed E-state index contributed by atoms with van der Waals surface area (Å²) in [5.74, 6) is -2.29. The van der Waals surface area contributed by atoms with Gasteiger partial charge in [0, 0.05) is 6.42 Å². The lowest BCUT2D eigenvalue weighted by Crippen LogP contribution is -2.41. The summed E-state index contributed by atoms with van der Waals surface area (Å²) < 4.78 is 0. The number of nitrogens with two attached hydrogens (primary N) is 1. The third-order valence-corrected chi connectivity index (χ3v) is 2.89. The molecule has 0 spiro atoms. The van der Waals surface area contributed by atoms with Crippen LogP contribution in [0.4, 0.5) is 0 Å². The Kier molecular flexibility index (Phi) is 5.71. The second kappa shape index (κ2) is 7.28. The van der Waals surface area contributed by atoms with Crippen molar-refractivity contribution in [1.82, 2.24) is 4.90 Å². The van der Waals surface area contributed by atoms with Crippen LogP contribution in [0.1, 0.15) is 17.5 Å². The molecule has 0 saturated heterocycles. The lowest BCUT2D eigenvalue weighted by Gasteiger charge is -2.19. The van der Waals surface area contributed by atoms with Crippen molar-refractivity contribution in [3.63, 3.8) is 0 Å². The van der Waals surface area contributed by atoms with E-state index in [4.69, 9.17) is 10.8 Å². The Morgan fingerprint density at radius 1 is 1.20 bits per heavy atom. The van der Waals surface area contributed by atoms with E-state index in [2.05, 4.69) is 0 Å². The monoisotopic (exact) mass is 278 g/mol. The van der Waals surface area contributed by atoms with Crippen LogP contribution in [0.5, 0.6) is 0 Å². The maximum absolute atomic E-state index is 12.0. The van der Waals surface area contributed by atoms with E-state index in [1.165, 1.54) is 0 Å². The van der Waals surface area contributed by atoms with E-state index < -0.39 is 24.3 Å². The van der Waals surface area contributed by atoms with Crippen molar-refractivity contribution in [3.05, 3.63) is 35.4 Å². The average molecular weight is 278 g/mol. The molecule has 1 aromatic carbocycles. The summed E-state index contributed by atoms with van der Waals surface area (Å²) in [5, 5.41) is 8.73. The van der Waals surface area contributed by atoms with Crippen LogP contribution in [0.2, 0.25) is 0 Å². The summed E-state index contributed by atoms with van der Waals surface area (Å²) in [5.41, 5.74) is 7.11. The molecule has 0 aliphatic heterocycles. The minimum absolute atomic E-state index is 0.144. The van der Waals surface area contributed by atoms with Gasteiger partial charge in [0.25, 0.3) is 0 Å². The summed E-state index contributed by atoms with van der Waals surface area (Å²) in [6, 6.07) is 7.65. The maximum Gasteiger partial charge on any atom is 0.323 e. The highest BCUT2D eigenvalue weighted by molar-refractivity contribution is 5.86. The molecule has 20 heavy (non-hydrogen) atoms. The highest BCUT2D eigenvalue weighted by Gasteiger charge is 2.18. The molecule has 2 amide bonds. The number of carboxylic acids is 1. The second-order valence-electron chi connectivity index (χ2n) is 4.54. The van der Waals surface area contributed by atoms with Crippen LogP contribution in [-0.2, 0) is 20.8 Å². The molecule has 0 bridgehead atoms. The lowest BCUT2D eigenvalue weighted by molar-refractivity contribution is -0.145. The first-order chi connectivity index (χ1) is 9.40. The number of hydrogen-bond acceptors (Lipinski definition) is 3. The smallest absolute Gasteiger partial charge is 0.323 e. The van der Waals surface area contributed by atoms with Crippen LogP contribution >= 0.6 is 0 Å². The normalized spacial score (nSPS) is 10.1. The number of nitrogens with zero attached hydrogens (tertiary/aromatic N) is 1. The van der Waals surface area contributed by atoms with E-state index in [0.717, 1.165) is 16.0 Å². The van der Waals surface area contributed by atoms with Crippen LogP contribution in [0.3, 0.4) is 0 Å². The van der Waals surface area contributed by atoms with Crippen molar-refractivity contribution < 1.29 is 19.5 Å². The molecule has 0 unspecified atom stereocenters. The molecule has 0 fully saturated rings. The Hall–Kier alpha value is -2.37. The molecule has 0 atom stereocenters. The molecule has 1 aromatic rings. The zero-order chi connectivity index (χ0) is 15.1. The Morgan fingerprint density at radius 2 is 1.85 bits per heavy atom. The molecule has 3 N–H and O–H groups in total. The van der Waals surface area contributed by atoms with E-state index >= 15 is 0 Å². The van der Waals surface area contributed by atoms with Gasteiger partial charge in [0.15, 0.2) is 0 Å². The van der Waals surface area contributed by atoms with E-state index in [-0.39, 0.29) is 13.0 Å². The highest BCUT2D eigenvalue weighted by atomic mass is 16.4. The molecular formula is C14H18N2O4. The molecule has 0 radical (unpaired) electrons. The molecule has 6 nitrogen and oxygen atoms in total. The Balaban J connectivity index is 2.64. The zero-order valence-electron chi connectivity index (χ0n) is 11.3. The van der Waals surface area contributed by atoms with E-state index in [9.17, 15) is 14.4 Å². The lowest BCUT2D eigenvalue weighted by atomic mass is 10.0. The molecule has 1 rings (SSSR count). The van der Waals surface area contributed by atoms with Crippen molar-refractivity contribution in [2.75, 3.05) is 13.1 Å². The van der Waals surface area contributed by atoms with Crippen LogP contribution in [0.15, 0.2) is 24.3 Å². The van der Waals surface area contributed by atoms with Gasteiger partial charge in [-0.2, -0.15) is 0 Å². The summed E-state index contributed by atoms with van der Waals surface area (Å²) in [4.78, 5) is 34.5.